The Bertz CT molecular complexity index is 1130. The molecule has 0 saturated heterocycles. The van der Waals surface area contributed by atoms with Crippen LogP contribution in [-0.2, 0) is 29.0 Å². The van der Waals surface area contributed by atoms with E-state index in [2.05, 4.69) is 11.4 Å². The summed E-state index contributed by atoms with van der Waals surface area (Å²) in [5.41, 5.74) is 4.07. The van der Waals surface area contributed by atoms with E-state index in [9.17, 15) is 9.59 Å². The number of methoxy groups -OCH3 is 2. The SMILES string of the molecule is CNC(=O)[C@@H](Cc1ccccc1)N(Cc1cccc(C)c1)C(=O)CCc1ccc(OC)c(OC)c1. The third-order valence-electron chi connectivity index (χ3n) is 6.03. The Morgan fingerprint density at radius 2 is 1.57 bits per heavy atom. The molecule has 35 heavy (non-hydrogen) atoms. The Labute approximate surface area is 207 Å². The molecule has 0 saturated carbocycles. The number of hydrogen-bond donors (Lipinski definition) is 1. The summed E-state index contributed by atoms with van der Waals surface area (Å²) in [5, 5.41) is 2.76. The average Bonchev–Trinajstić information content (AvgIpc) is 2.89. The maximum Gasteiger partial charge on any atom is 0.242 e. The minimum absolute atomic E-state index is 0.0779. The Hall–Kier alpha value is -3.80. The van der Waals surface area contributed by atoms with Gasteiger partial charge in [0.05, 0.1) is 14.2 Å². The zero-order chi connectivity index (χ0) is 25.2. The zero-order valence-corrected chi connectivity index (χ0v) is 20.9. The molecule has 0 unspecified atom stereocenters. The molecule has 0 aliphatic rings. The number of hydrogen-bond acceptors (Lipinski definition) is 4. The van der Waals surface area contributed by atoms with E-state index < -0.39 is 6.04 Å². The molecule has 3 aromatic carbocycles. The fourth-order valence-electron chi connectivity index (χ4n) is 4.16. The van der Waals surface area contributed by atoms with E-state index in [0.717, 1.165) is 22.3 Å². The zero-order valence-electron chi connectivity index (χ0n) is 20.9. The number of amides is 2. The summed E-state index contributed by atoms with van der Waals surface area (Å²) < 4.78 is 10.7. The number of aryl methyl sites for hydroxylation is 2. The minimum Gasteiger partial charge on any atom is -0.493 e. The molecule has 0 heterocycles. The molecular formula is C29H34N2O4. The molecule has 0 spiro atoms. The fourth-order valence-corrected chi connectivity index (χ4v) is 4.16. The van der Waals surface area contributed by atoms with E-state index in [1.165, 1.54) is 0 Å². The van der Waals surface area contributed by atoms with Gasteiger partial charge < -0.3 is 19.7 Å². The molecule has 0 aliphatic carbocycles. The molecule has 6 nitrogen and oxygen atoms in total. The molecular weight excluding hydrogens is 440 g/mol. The molecule has 0 fully saturated rings. The van der Waals surface area contributed by atoms with E-state index in [1.54, 1.807) is 26.2 Å². The van der Waals surface area contributed by atoms with Gasteiger partial charge in [-0.25, -0.2) is 0 Å². The van der Waals surface area contributed by atoms with Crippen LogP contribution in [0.25, 0.3) is 0 Å². The minimum atomic E-state index is -0.624. The van der Waals surface area contributed by atoms with Gasteiger partial charge in [0.15, 0.2) is 11.5 Å². The van der Waals surface area contributed by atoms with Crippen LogP contribution in [0.1, 0.15) is 28.7 Å². The summed E-state index contributed by atoms with van der Waals surface area (Å²) in [6.45, 7) is 2.38. The van der Waals surface area contributed by atoms with Gasteiger partial charge in [0.2, 0.25) is 11.8 Å². The van der Waals surface area contributed by atoms with Gasteiger partial charge >= 0.3 is 0 Å². The summed E-state index contributed by atoms with van der Waals surface area (Å²) in [5.74, 6) is 1.01. The van der Waals surface area contributed by atoms with Gasteiger partial charge in [0, 0.05) is 26.4 Å². The molecule has 1 N–H and O–H groups in total. The normalized spacial score (nSPS) is 11.4. The number of nitrogens with one attached hydrogen (secondary N) is 1. The third kappa shape index (κ3) is 7.09. The second-order valence-electron chi connectivity index (χ2n) is 8.52. The highest BCUT2D eigenvalue weighted by molar-refractivity contribution is 5.88. The summed E-state index contributed by atoms with van der Waals surface area (Å²) in [6.07, 6.45) is 1.23. The second kappa shape index (κ2) is 12.6. The lowest BCUT2D eigenvalue weighted by Crippen LogP contribution is -2.49. The van der Waals surface area contributed by atoms with Crippen LogP contribution >= 0.6 is 0 Å². The van der Waals surface area contributed by atoms with E-state index in [0.29, 0.717) is 30.9 Å². The van der Waals surface area contributed by atoms with Gasteiger partial charge in [-0.2, -0.15) is 0 Å². The standard InChI is InChI=1S/C29H34N2O4/c1-21-9-8-12-24(17-21)20-31(25(29(33)30-2)18-22-10-6-5-7-11-22)28(32)16-14-23-13-15-26(34-3)27(19-23)35-4/h5-13,15,17,19,25H,14,16,18,20H2,1-4H3,(H,30,33)/t25-/m1/s1. The van der Waals surface area contributed by atoms with Gasteiger partial charge in [0.25, 0.3) is 0 Å². The first-order valence-corrected chi connectivity index (χ1v) is 11.8. The van der Waals surface area contributed by atoms with Crippen LogP contribution in [0.2, 0.25) is 0 Å². The van der Waals surface area contributed by atoms with Crippen molar-refractivity contribution >= 4 is 11.8 Å². The first-order valence-electron chi connectivity index (χ1n) is 11.8. The van der Waals surface area contributed by atoms with E-state index in [1.807, 2.05) is 73.7 Å². The third-order valence-corrected chi connectivity index (χ3v) is 6.03. The van der Waals surface area contributed by atoms with Crippen molar-refractivity contribution in [1.82, 2.24) is 10.2 Å². The lowest BCUT2D eigenvalue weighted by molar-refractivity contribution is -0.141. The van der Waals surface area contributed by atoms with Crippen LogP contribution in [0.5, 0.6) is 11.5 Å². The summed E-state index contributed by atoms with van der Waals surface area (Å²) in [7, 11) is 4.79. The Morgan fingerprint density at radius 1 is 0.857 bits per heavy atom. The lowest BCUT2D eigenvalue weighted by Gasteiger charge is -2.31. The van der Waals surface area contributed by atoms with Crippen molar-refractivity contribution in [2.24, 2.45) is 0 Å². The number of ether oxygens (including phenoxy) is 2. The average molecular weight is 475 g/mol. The van der Waals surface area contributed by atoms with Crippen molar-refractivity contribution in [2.75, 3.05) is 21.3 Å². The highest BCUT2D eigenvalue weighted by Gasteiger charge is 2.29. The van der Waals surface area contributed by atoms with Crippen LogP contribution in [0, 0.1) is 6.92 Å². The van der Waals surface area contributed by atoms with Gasteiger partial charge in [-0.15, -0.1) is 0 Å². The molecule has 1 atom stereocenters. The van der Waals surface area contributed by atoms with Crippen LogP contribution in [0.4, 0.5) is 0 Å². The first kappa shape index (κ1) is 25.8. The molecule has 0 aliphatic heterocycles. The molecule has 3 rings (SSSR count). The highest BCUT2D eigenvalue weighted by Crippen LogP contribution is 2.28. The van der Waals surface area contributed by atoms with Gasteiger partial charge in [-0.05, 0) is 42.2 Å². The number of likely N-dealkylation sites (N-methyl/N-ethyl adjacent to an activating group) is 1. The maximum atomic E-state index is 13.6. The van der Waals surface area contributed by atoms with Crippen molar-refractivity contribution in [1.29, 1.82) is 0 Å². The number of rotatable bonds is 11. The number of carbonyl (C=O) groups excluding carboxylic acids is 2. The van der Waals surface area contributed by atoms with Gasteiger partial charge in [-0.1, -0.05) is 66.2 Å². The van der Waals surface area contributed by atoms with Gasteiger partial charge in [-0.3, -0.25) is 9.59 Å². The summed E-state index contributed by atoms with van der Waals surface area (Å²) in [6, 6.07) is 22.9. The predicted molar refractivity (Wildman–Crippen MR) is 138 cm³/mol. The molecule has 0 bridgehead atoms. The molecule has 184 valence electrons. The first-order chi connectivity index (χ1) is 16.9. The molecule has 3 aromatic rings. The number of carbonyl (C=O) groups is 2. The summed E-state index contributed by atoms with van der Waals surface area (Å²) in [4.78, 5) is 28.3. The van der Waals surface area contributed by atoms with Crippen molar-refractivity contribution < 1.29 is 19.1 Å². The highest BCUT2D eigenvalue weighted by atomic mass is 16.5. The van der Waals surface area contributed by atoms with Crippen LogP contribution in [0.3, 0.4) is 0 Å². The van der Waals surface area contributed by atoms with Crippen molar-refractivity contribution in [3.63, 3.8) is 0 Å². The monoisotopic (exact) mass is 474 g/mol. The van der Waals surface area contributed by atoms with Crippen molar-refractivity contribution in [3.8, 4) is 11.5 Å². The maximum absolute atomic E-state index is 13.6. The molecule has 0 radical (unpaired) electrons. The van der Waals surface area contributed by atoms with Crippen LogP contribution in [0.15, 0.2) is 72.8 Å². The van der Waals surface area contributed by atoms with Crippen LogP contribution in [-0.4, -0.2) is 44.0 Å². The van der Waals surface area contributed by atoms with Crippen molar-refractivity contribution in [2.45, 2.75) is 38.8 Å². The van der Waals surface area contributed by atoms with E-state index >= 15 is 0 Å². The largest absolute Gasteiger partial charge is 0.493 e. The summed E-state index contributed by atoms with van der Waals surface area (Å²) >= 11 is 0. The second-order valence-corrected chi connectivity index (χ2v) is 8.52. The quantitative estimate of drug-likeness (QED) is 0.449. The Morgan fingerprint density at radius 3 is 2.23 bits per heavy atom. The topological polar surface area (TPSA) is 67.9 Å². The molecule has 0 aromatic heterocycles. The number of nitrogens with zero attached hydrogens (tertiary/aromatic N) is 1. The van der Waals surface area contributed by atoms with Crippen molar-refractivity contribution in [3.05, 3.63) is 95.1 Å². The predicted octanol–water partition coefficient (Wildman–Crippen LogP) is 4.33. The smallest absolute Gasteiger partial charge is 0.242 e. The molecule has 2 amide bonds. The molecule has 6 heteroatoms. The van der Waals surface area contributed by atoms with Crippen LogP contribution < -0.4 is 14.8 Å². The lowest BCUT2D eigenvalue weighted by atomic mass is 10.0. The fraction of sp³-hybridized carbons (Fsp3) is 0.310. The Kier molecular flexibility index (Phi) is 9.30. The van der Waals surface area contributed by atoms with E-state index in [-0.39, 0.29) is 18.2 Å². The Balaban J connectivity index is 1.87. The van der Waals surface area contributed by atoms with Gasteiger partial charge in [0.1, 0.15) is 6.04 Å². The van der Waals surface area contributed by atoms with E-state index in [4.69, 9.17) is 9.47 Å². The number of benzene rings is 3.